The van der Waals surface area contributed by atoms with E-state index in [4.69, 9.17) is 10.6 Å². The van der Waals surface area contributed by atoms with Crippen molar-refractivity contribution in [3.8, 4) is 5.75 Å². The normalized spacial score (nSPS) is 12.2. The maximum absolute atomic E-state index is 5.80. The summed E-state index contributed by atoms with van der Waals surface area (Å²) in [5.41, 5.74) is 7.38. The number of methoxy groups -OCH3 is 1. The summed E-state index contributed by atoms with van der Waals surface area (Å²) < 4.78 is 6.49. The minimum atomic E-state index is -0.126. The number of benzene rings is 2. The van der Waals surface area contributed by atoms with Gasteiger partial charge in [0.05, 0.1) is 13.2 Å². The molecule has 2 aromatic rings. The highest BCUT2D eigenvalue weighted by Gasteiger charge is 2.19. The van der Waals surface area contributed by atoms with Crippen LogP contribution >= 0.6 is 15.9 Å². The third-order valence-electron chi connectivity index (χ3n) is 3.33. The first-order valence-electron chi connectivity index (χ1n) is 6.43. The topological polar surface area (TPSA) is 47.3 Å². The van der Waals surface area contributed by atoms with Gasteiger partial charge in [-0.1, -0.05) is 51.3 Å². The lowest BCUT2D eigenvalue weighted by molar-refractivity contribution is 0.404. The molecule has 1 unspecified atom stereocenters. The lowest BCUT2D eigenvalue weighted by Gasteiger charge is -2.21. The second-order valence-corrected chi connectivity index (χ2v) is 5.72. The number of rotatable bonds is 4. The zero-order valence-corrected chi connectivity index (χ0v) is 13.5. The molecule has 2 aromatic carbocycles. The molecule has 0 aliphatic carbocycles. The number of nitrogens with two attached hydrogens (primary N) is 1. The van der Waals surface area contributed by atoms with Gasteiger partial charge in [0.15, 0.2) is 0 Å². The summed E-state index contributed by atoms with van der Waals surface area (Å²) in [5.74, 6) is 6.63. The summed E-state index contributed by atoms with van der Waals surface area (Å²) in [6.45, 7) is 4.12. The van der Waals surface area contributed by atoms with E-state index in [1.165, 1.54) is 11.1 Å². The summed E-state index contributed by atoms with van der Waals surface area (Å²) >= 11 is 3.60. The van der Waals surface area contributed by atoms with Crippen LogP contribution in [0.1, 0.15) is 28.3 Å². The molecule has 0 aliphatic heterocycles. The molecule has 20 heavy (non-hydrogen) atoms. The molecule has 0 aromatic heterocycles. The van der Waals surface area contributed by atoms with Crippen LogP contribution in [0.5, 0.6) is 5.75 Å². The molecule has 4 heteroatoms. The Bertz CT molecular complexity index is 613. The van der Waals surface area contributed by atoms with Crippen LogP contribution in [-0.2, 0) is 0 Å². The molecule has 0 spiro atoms. The molecule has 0 saturated carbocycles. The van der Waals surface area contributed by atoms with E-state index in [9.17, 15) is 0 Å². The minimum Gasteiger partial charge on any atom is -0.496 e. The first-order chi connectivity index (χ1) is 9.56. The molecule has 0 fully saturated rings. The number of ether oxygens (including phenoxy) is 1. The first-order valence-corrected chi connectivity index (χ1v) is 7.23. The van der Waals surface area contributed by atoms with Gasteiger partial charge < -0.3 is 4.74 Å². The van der Waals surface area contributed by atoms with Crippen LogP contribution in [0.2, 0.25) is 0 Å². The molecule has 0 heterocycles. The molecule has 0 amide bonds. The van der Waals surface area contributed by atoms with Crippen LogP contribution < -0.4 is 16.0 Å². The molecular formula is C16H19BrN2O. The smallest absolute Gasteiger partial charge is 0.124 e. The van der Waals surface area contributed by atoms with Crippen molar-refractivity contribution >= 4 is 15.9 Å². The van der Waals surface area contributed by atoms with Gasteiger partial charge in [-0.2, -0.15) is 0 Å². The number of halogens is 1. The molecule has 0 saturated heterocycles. The van der Waals surface area contributed by atoms with E-state index >= 15 is 0 Å². The van der Waals surface area contributed by atoms with E-state index in [1.807, 2.05) is 18.2 Å². The Hall–Kier alpha value is -1.36. The number of aryl methyl sites for hydroxylation is 2. The van der Waals surface area contributed by atoms with Crippen LogP contribution in [0.4, 0.5) is 0 Å². The SMILES string of the molecule is COc1ccc(C)cc1C(NN)c1cc(C)ccc1Br. The van der Waals surface area contributed by atoms with E-state index in [1.54, 1.807) is 7.11 Å². The Balaban J connectivity index is 2.57. The molecule has 0 bridgehead atoms. The van der Waals surface area contributed by atoms with Crippen molar-refractivity contribution in [2.45, 2.75) is 19.9 Å². The fourth-order valence-corrected chi connectivity index (χ4v) is 2.79. The van der Waals surface area contributed by atoms with Gasteiger partial charge in [-0.25, -0.2) is 5.43 Å². The Morgan fingerprint density at radius 1 is 1.05 bits per heavy atom. The van der Waals surface area contributed by atoms with E-state index in [-0.39, 0.29) is 6.04 Å². The van der Waals surface area contributed by atoms with Crippen molar-refractivity contribution in [1.82, 2.24) is 5.43 Å². The molecular weight excluding hydrogens is 316 g/mol. The first kappa shape index (κ1) is 15.0. The van der Waals surface area contributed by atoms with Gasteiger partial charge in [0.25, 0.3) is 0 Å². The van der Waals surface area contributed by atoms with Crippen molar-refractivity contribution in [1.29, 1.82) is 0 Å². The van der Waals surface area contributed by atoms with Gasteiger partial charge in [-0.3, -0.25) is 5.84 Å². The Labute approximate surface area is 128 Å². The van der Waals surface area contributed by atoms with Crippen molar-refractivity contribution in [2.24, 2.45) is 5.84 Å². The fraction of sp³-hybridized carbons (Fsp3) is 0.250. The predicted octanol–water partition coefficient (Wildman–Crippen LogP) is 3.63. The van der Waals surface area contributed by atoms with Gasteiger partial charge in [-0.15, -0.1) is 0 Å². The van der Waals surface area contributed by atoms with E-state index in [2.05, 4.69) is 53.4 Å². The second-order valence-electron chi connectivity index (χ2n) is 4.87. The average Bonchev–Trinajstić information content (AvgIpc) is 2.44. The number of hydrogen-bond acceptors (Lipinski definition) is 3. The highest BCUT2D eigenvalue weighted by molar-refractivity contribution is 9.10. The van der Waals surface area contributed by atoms with E-state index < -0.39 is 0 Å². The van der Waals surface area contributed by atoms with Crippen LogP contribution in [0.3, 0.4) is 0 Å². The standard InChI is InChI=1S/C16H19BrN2O/c1-10-4-6-14(17)12(8-10)16(19-18)13-9-11(2)5-7-15(13)20-3/h4-9,16,19H,18H2,1-3H3. The third-order valence-corrected chi connectivity index (χ3v) is 4.05. The predicted molar refractivity (Wildman–Crippen MR) is 85.8 cm³/mol. The molecule has 3 N–H and O–H groups in total. The van der Waals surface area contributed by atoms with Crippen molar-refractivity contribution < 1.29 is 4.74 Å². The third kappa shape index (κ3) is 3.03. The molecule has 3 nitrogen and oxygen atoms in total. The van der Waals surface area contributed by atoms with Crippen molar-refractivity contribution in [3.05, 3.63) is 63.1 Å². The zero-order valence-electron chi connectivity index (χ0n) is 11.9. The van der Waals surface area contributed by atoms with E-state index in [0.29, 0.717) is 0 Å². The van der Waals surface area contributed by atoms with Gasteiger partial charge in [-0.05, 0) is 31.5 Å². The van der Waals surface area contributed by atoms with Crippen molar-refractivity contribution in [2.75, 3.05) is 7.11 Å². The molecule has 106 valence electrons. The summed E-state index contributed by atoms with van der Waals surface area (Å²) in [4.78, 5) is 0. The lowest BCUT2D eigenvalue weighted by atomic mass is 9.96. The zero-order chi connectivity index (χ0) is 14.7. The van der Waals surface area contributed by atoms with Gasteiger partial charge >= 0.3 is 0 Å². The fourth-order valence-electron chi connectivity index (χ4n) is 2.31. The lowest BCUT2D eigenvalue weighted by Crippen LogP contribution is -2.29. The van der Waals surface area contributed by atoms with Gasteiger partial charge in [0.2, 0.25) is 0 Å². The minimum absolute atomic E-state index is 0.126. The molecule has 0 radical (unpaired) electrons. The number of nitrogens with one attached hydrogen (secondary N) is 1. The van der Waals surface area contributed by atoms with Crippen LogP contribution in [0.25, 0.3) is 0 Å². The largest absolute Gasteiger partial charge is 0.496 e. The highest BCUT2D eigenvalue weighted by atomic mass is 79.9. The maximum atomic E-state index is 5.80. The number of hydrogen-bond donors (Lipinski definition) is 2. The quantitative estimate of drug-likeness (QED) is 0.663. The Morgan fingerprint density at radius 3 is 2.25 bits per heavy atom. The second kappa shape index (κ2) is 6.39. The molecule has 2 rings (SSSR count). The average molecular weight is 335 g/mol. The maximum Gasteiger partial charge on any atom is 0.124 e. The molecule has 1 atom stereocenters. The number of hydrazine groups is 1. The van der Waals surface area contributed by atoms with E-state index in [0.717, 1.165) is 21.3 Å². The Morgan fingerprint density at radius 2 is 1.65 bits per heavy atom. The van der Waals surface area contributed by atoms with Crippen molar-refractivity contribution in [3.63, 3.8) is 0 Å². The summed E-state index contributed by atoms with van der Waals surface area (Å²) in [5, 5.41) is 0. The van der Waals surface area contributed by atoms with Gasteiger partial charge in [0, 0.05) is 10.0 Å². The molecule has 0 aliphatic rings. The van der Waals surface area contributed by atoms with Gasteiger partial charge in [0.1, 0.15) is 5.75 Å². The van der Waals surface area contributed by atoms with Crippen LogP contribution in [0.15, 0.2) is 40.9 Å². The van der Waals surface area contributed by atoms with Crippen LogP contribution in [0, 0.1) is 13.8 Å². The summed E-state index contributed by atoms with van der Waals surface area (Å²) in [6, 6.07) is 12.2. The highest BCUT2D eigenvalue weighted by Crippen LogP contribution is 2.34. The monoisotopic (exact) mass is 334 g/mol. The summed E-state index contributed by atoms with van der Waals surface area (Å²) in [7, 11) is 1.67. The Kier molecular flexibility index (Phi) is 4.81. The summed E-state index contributed by atoms with van der Waals surface area (Å²) in [6.07, 6.45) is 0. The van der Waals surface area contributed by atoms with Crippen LogP contribution in [-0.4, -0.2) is 7.11 Å².